The van der Waals surface area contributed by atoms with Crippen LogP contribution in [0.15, 0.2) is 5.38 Å². The summed E-state index contributed by atoms with van der Waals surface area (Å²) in [6.07, 6.45) is 1.02. The Kier molecular flexibility index (Phi) is 4.90. The Bertz CT molecular complexity index is 258. The zero-order chi connectivity index (χ0) is 10.4. The van der Waals surface area contributed by atoms with Crippen LogP contribution < -0.4 is 10.6 Å². The number of aryl methyl sites for hydroxylation is 1. The molecule has 0 radical (unpaired) electrons. The van der Waals surface area contributed by atoms with Gasteiger partial charge < -0.3 is 10.6 Å². The predicted octanol–water partition coefficient (Wildman–Crippen LogP) is 2.12. The fourth-order valence-electron chi connectivity index (χ4n) is 1.08. The van der Waals surface area contributed by atoms with Crippen molar-refractivity contribution in [2.45, 2.75) is 33.2 Å². The summed E-state index contributed by atoms with van der Waals surface area (Å²) in [6, 6.07) is 0.555. The Balaban J connectivity index is 2.18. The summed E-state index contributed by atoms with van der Waals surface area (Å²) >= 11 is 1.68. The van der Waals surface area contributed by atoms with Crippen molar-refractivity contribution in [2.24, 2.45) is 0 Å². The minimum Gasteiger partial charge on any atom is -0.360 e. The van der Waals surface area contributed by atoms with E-state index in [0.29, 0.717) is 6.04 Å². The second-order valence-electron chi connectivity index (χ2n) is 3.53. The second kappa shape index (κ2) is 5.98. The van der Waals surface area contributed by atoms with Crippen LogP contribution in [0, 0.1) is 0 Å². The number of rotatable bonds is 6. The van der Waals surface area contributed by atoms with Gasteiger partial charge in [-0.3, -0.25) is 0 Å². The van der Waals surface area contributed by atoms with Crippen molar-refractivity contribution in [1.82, 2.24) is 10.3 Å². The standard InChI is InChI=1S/C10H19N3S/c1-4-9-7-14-10(13-9)12-6-5-11-8(2)3/h7-8,11H,4-6H2,1-3H3,(H,12,13). The van der Waals surface area contributed by atoms with Crippen molar-refractivity contribution in [3.05, 3.63) is 11.1 Å². The molecule has 0 saturated carbocycles. The summed E-state index contributed by atoms with van der Waals surface area (Å²) in [5.74, 6) is 0. The molecule has 0 aliphatic carbocycles. The van der Waals surface area contributed by atoms with Crippen LogP contribution in [0.2, 0.25) is 0 Å². The van der Waals surface area contributed by atoms with Crippen molar-refractivity contribution in [3.63, 3.8) is 0 Å². The third-order valence-electron chi connectivity index (χ3n) is 1.87. The summed E-state index contributed by atoms with van der Waals surface area (Å²) < 4.78 is 0. The lowest BCUT2D eigenvalue weighted by Crippen LogP contribution is -2.28. The molecule has 0 saturated heterocycles. The molecule has 1 aromatic heterocycles. The van der Waals surface area contributed by atoms with Crippen LogP contribution in [0.4, 0.5) is 5.13 Å². The third kappa shape index (κ3) is 4.07. The average Bonchev–Trinajstić information content (AvgIpc) is 2.60. The summed E-state index contributed by atoms with van der Waals surface area (Å²) in [5.41, 5.74) is 1.18. The number of nitrogens with one attached hydrogen (secondary N) is 2. The second-order valence-corrected chi connectivity index (χ2v) is 4.39. The maximum atomic E-state index is 4.43. The predicted molar refractivity (Wildman–Crippen MR) is 63.1 cm³/mol. The molecule has 0 atom stereocenters. The average molecular weight is 213 g/mol. The van der Waals surface area contributed by atoms with E-state index >= 15 is 0 Å². The van der Waals surface area contributed by atoms with Crippen LogP contribution in [-0.4, -0.2) is 24.1 Å². The zero-order valence-corrected chi connectivity index (χ0v) is 9.95. The summed E-state index contributed by atoms with van der Waals surface area (Å²) in [7, 11) is 0. The van der Waals surface area contributed by atoms with Crippen LogP contribution in [0.5, 0.6) is 0 Å². The van der Waals surface area contributed by atoms with E-state index in [1.807, 2.05) is 0 Å². The molecular formula is C10H19N3S. The molecule has 0 aliphatic heterocycles. The molecule has 2 N–H and O–H groups in total. The van der Waals surface area contributed by atoms with Crippen molar-refractivity contribution < 1.29 is 0 Å². The Labute approximate surface area is 89.9 Å². The van der Waals surface area contributed by atoms with Gasteiger partial charge in [-0.2, -0.15) is 0 Å². The smallest absolute Gasteiger partial charge is 0.182 e. The van der Waals surface area contributed by atoms with Crippen molar-refractivity contribution >= 4 is 16.5 Å². The largest absolute Gasteiger partial charge is 0.360 e. The topological polar surface area (TPSA) is 37.0 Å². The molecule has 0 amide bonds. The van der Waals surface area contributed by atoms with Gasteiger partial charge in [-0.15, -0.1) is 11.3 Å². The first-order valence-electron chi connectivity index (χ1n) is 5.14. The van der Waals surface area contributed by atoms with Gasteiger partial charge >= 0.3 is 0 Å². The summed E-state index contributed by atoms with van der Waals surface area (Å²) in [6.45, 7) is 8.35. The van der Waals surface area contributed by atoms with Gasteiger partial charge in [0, 0.05) is 24.5 Å². The number of thiazole rings is 1. The summed E-state index contributed by atoms with van der Waals surface area (Å²) in [5, 5.41) is 9.79. The lowest BCUT2D eigenvalue weighted by atomic mass is 10.4. The maximum absolute atomic E-state index is 4.43. The van der Waals surface area contributed by atoms with Crippen LogP contribution in [0.1, 0.15) is 26.5 Å². The molecule has 0 spiro atoms. The van der Waals surface area contributed by atoms with Gasteiger partial charge in [0.1, 0.15) is 0 Å². The lowest BCUT2D eigenvalue weighted by Gasteiger charge is -2.07. The highest BCUT2D eigenvalue weighted by Gasteiger charge is 1.98. The molecule has 4 heteroatoms. The van der Waals surface area contributed by atoms with Crippen LogP contribution in [0.3, 0.4) is 0 Å². The molecule has 14 heavy (non-hydrogen) atoms. The molecule has 0 bridgehead atoms. The molecule has 0 fully saturated rings. The van der Waals surface area contributed by atoms with E-state index < -0.39 is 0 Å². The number of nitrogens with zero attached hydrogens (tertiary/aromatic N) is 1. The summed E-state index contributed by atoms with van der Waals surface area (Å²) in [4.78, 5) is 4.43. The molecule has 0 unspecified atom stereocenters. The fraction of sp³-hybridized carbons (Fsp3) is 0.700. The van der Waals surface area contributed by atoms with E-state index in [-0.39, 0.29) is 0 Å². The molecule has 0 aliphatic rings. The molecule has 3 nitrogen and oxygen atoms in total. The fourth-order valence-corrected chi connectivity index (χ4v) is 1.90. The monoisotopic (exact) mass is 213 g/mol. The number of anilines is 1. The van der Waals surface area contributed by atoms with E-state index in [2.05, 4.69) is 41.8 Å². The van der Waals surface area contributed by atoms with Crippen LogP contribution >= 0.6 is 11.3 Å². The van der Waals surface area contributed by atoms with Crippen molar-refractivity contribution in [3.8, 4) is 0 Å². The van der Waals surface area contributed by atoms with Gasteiger partial charge in [-0.05, 0) is 6.42 Å². The number of hydrogen-bond donors (Lipinski definition) is 2. The van der Waals surface area contributed by atoms with E-state index in [4.69, 9.17) is 0 Å². The highest BCUT2D eigenvalue weighted by molar-refractivity contribution is 7.13. The van der Waals surface area contributed by atoms with Gasteiger partial charge in [-0.25, -0.2) is 4.98 Å². The van der Waals surface area contributed by atoms with E-state index in [1.54, 1.807) is 11.3 Å². The van der Waals surface area contributed by atoms with Gasteiger partial charge in [0.2, 0.25) is 0 Å². The lowest BCUT2D eigenvalue weighted by molar-refractivity contribution is 0.602. The SMILES string of the molecule is CCc1csc(NCCNC(C)C)n1. The van der Waals surface area contributed by atoms with Crippen molar-refractivity contribution in [1.29, 1.82) is 0 Å². The molecule has 1 aromatic rings. The Morgan fingerprint density at radius 2 is 2.21 bits per heavy atom. The van der Waals surface area contributed by atoms with E-state index in [9.17, 15) is 0 Å². The number of hydrogen-bond acceptors (Lipinski definition) is 4. The van der Waals surface area contributed by atoms with E-state index in [1.165, 1.54) is 5.69 Å². The van der Waals surface area contributed by atoms with E-state index in [0.717, 1.165) is 24.6 Å². The molecule has 1 heterocycles. The highest BCUT2D eigenvalue weighted by Crippen LogP contribution is 2.14. The van der Waals surface area contributed by atoms with Gasteiger partial charge in [0.25, 0.3) is 0 Å². The number of aromatic nitrogens is 1. The first-order chi connectivity index (χ1) is 6.72. The molecule has 80 valence electrons. The molecule has 0 aromatic carbocycles. The van der Waals surface area contributed by atoms with Crippen molar-refractivity contribution in [2.75, 3.05) is 18.4 Å². The molecular weight excluding hydrogens is 194 g/mol. The highest BCUT2D eigenvalue weighted by atomic mass is 32.1. The third-order valence-corrected chi connectivity index (χ3v) is 2.72. The minimum absolute atomic E-state index is 0.555. The Morgan fingerprint density at radius 1 is 1.43 bits per heavy atom. The first kappa shape index (κ1) is 11.5. The first-order valence-corrected chi connectivity index (χ1v) is 6.02. The Hall–Kier alpha value is -0.610. The minimum atomic E-state index is 0.555. The normalized spacial score (nSPS) is 10.9. The van der Waals surface area contributed by atoms with Crippen LogP contribution in [-0.2, 0) is 6.42 Å². The zero-order valence-electron chi connectivity index (χ0n) is 9.13. The van der Waals surface area contributed by atoms with Gasteiger partial charge in [-0.1, -0.05) is 20.8 Å². The molecule has 1 rings (SSSR count). The van der Waals surface area contributed by atoms with Gasteiger partial charge in [0.05, 0.1) is 5.69 Å². The maximum Gasteiger partial charge on any atom is 0.182 e. The van der Waals surface area contributed by atoms with Gasteiger partial charge in [0.15, 0.2) is 5.13 Å². The Morgan fingerprint density at radius 3 is 2.79 bits per heavy atom. The van der Waals surface area contributed by atoms with Crippen LogP contribution in [0.25, 0.3) is 0 Å². The quantitative estimate of drug-likeness (QED) is 0.711.